The van der Waals surface area contributed by atoms with Crippen LogP contribution >= 0.6 is 0 Å². The molecule has 37 heavy (non-hydrogen) atoms. The van der Waals surface area contributed by atoms with E-state index in [0.29, 0.717) is 47.4 Å². The third kappa shape index (κ3) is 7.26. The van der Waals surface area contributed by atoms with Gasteiger partial charge in [0.1, 0.15) is 17.2 Å². The number of ether oxygens (including phenoxy) is 3. The van der Waals surface area contributed by atoms with Gasteiger partial charge in [0.05, 0.1) is 24.6 Å². The highest BCUT2D eigenvalue weighted by Gasteiger charge is 2.24. The Labute approximate surface area is 219 Å². The fraction of sp³-hybridized carbons (Fsp3) is 0.333. The third-order valence-electron chi connectivity index (χ3n) is 5.59. The van der Waals surface area contributed by atoms with Gasteiger partial charge in [-0.25, -0.2) is 0 Å². The molecule has 0 radical (unpaired) electrons. The minimum Gasteiger partial charge on any atom is -0.492 e. The average Bonchev–Trinajstić information content (AvgIpc) is 2.86. The Morgan fingerprint density at radius 2 is 1.32 bits per heavy atom. The van der Waals surface area contributed by atoms with Crippen LogP contribution in [0.3, 0.4) is 0 Å². The monoisotopic (exact) mass is 504 g/mol. The average molecular weight is 505 g/mol. The van der Waals surface area contributed by atoms with Crippen molar-refractivity contribution in [2.75, 3.05) is 23.8 Å². The molecule has 0 aliphatic rings. The number of hydrogen-bond donors (Lipinski definition) is 2. The largest absolute Gasteiger partial charge is 0.492 e. The first-order valence-electron chi connectivity index (χ1n) is 12.5. The van der Waals surface area contributed by atoms with E-state index in [1.54, 1.807) is 43.3 Å². The fourth-order valence-electron chi connectivity index (χ4n) is 3.76. The Bertz CT molecular complexity index is 1220. The summed E-state index contributed by atoms with van der Waals surface area (Å²) in [4.78, 5) is 25.9. The maximum Gasteiger partial charge on any atom is 0.265 e. The summed E-state index contributed by atoms with van der Waals surface area (Å²) in [6.45, 7) is 12.4. The van der Waals surface area contributed by atoms with Crippen molar-refractivity contribution in [2.24, 2.45) is 0 Å². The molecule has 0 aromatic heterocycles. The molecule has 0 saturated heterocycles. The van der Waals surface area contributed by atoms with Crippen molar-refractivity contribution < 1.29 is 23.8 Å². The molecule has 3 aromatic rings. The van der Waals surface area contributed by atoms with Crippen molar-refractivity contribution in [3.8, 4) is 17.2 Å². The summed E-state index contributed by atoms with van der Waals surface area (Å²) in [5, 5.41) is 5.79. The number of benzene rings is 3. The van der Waals surface area contributed by atoms with Gasteiger partial charge in [-0.05, 0) is 49.9 Å². The van der Waals surface area contributed by atoms with Crippen LogP contribution in [0.15, 0.2) is 66.7 Å². The van der Waals surface area contributed by atoms with Crippen LogP contribution in [0.1, 0.15) is 57.5 Å². The van der Waals surface area contributed by atoms with Crippen LogP contribution in [0.25, 0.3) is 0 Å². The first-order chi connectivity index (χ1) is 17.6. The van der Waals surface area contributed by atoms with Crippen LogP contribution in [-0.4, -0.2) is 31.1 Å². The standard InChI is InChI=1S/C30H36N2O5/c1-7-35-26-19-24(32-29(34)21-14-10-9-11-15-21)27(36-8-2)18-23(26)31-28(33)20(3)37-25-17-13-12-16-22(25)30(4,5)6/h9-20H,7-8H2,1-6H3,(H,31,33)(H,32,34). The first kappa shape index (κ1) is 27.6. The number of nitrogens with one attached hydrogen (secondary N) is 2. The Hall–Kier alpha value is -4.00. The summed E-state index contributed by atoms with van der Waals surface area (Å²) < 4.78 is 17.7. The normalized spacial score (nSPS) is 11.8. The molecule has 3 aromatic carbocycles. The summed E-state index contributed by atoms with van der Waals surface area (Å²) in [5.74, 6) is 0.868. The molecule has 0 fully saturated rings. The van der Waals surface area contributed by atoms with E-state index in [2.05, 4.69) is 31.4 Å². The van der Waals surface area contributed by atoms with Crippen LogP contribution in [0.2, 0.25) is 0 Å². The lowest BCUT2D eigenvalue weighted by molar-refractivity contribution is -0.122. The van der Waals surface area contributed by atoms with E-state index in [4.69, 9.17) is 14.2 Å². The van der Waals surface area contributed by atoms with Crippen LogP contribution in [0.4, 0.5) is 11.4 Å². The SMILES string of the molecule is CCOc1cc(NC(=O)C(C)Oc2ccccc2C(C)(C)C)c(OCC)cc1NC(=O)c1ccccc1. The number of carbonyl (C=O) groups excluding carboxylic acids is 2. The van der Waals surface area contributed by atoms with Gasteiger partial charge in [0.15, 0.2) is 6.10 Å². The molecule has 7 heteroatoms. The van der Waals surface area contributed by atoms with Crippen LogP contribution in [0, 0.1) is 0 Å². The van der Waals surface area contributed by atoms with Crippen LogP contribution in [0.5, 0.6) is 17.2 Å². The molecule has 0 spiro atoms. The molecule has 3 rings (SSSR count). The van der Waals surface area contributed by atoms with E-state index in [0.717, 1.165) is 5.56 Å². The zero-order valence-electron chi connectivity index (χ0n) is 22.4. The van der Waals surface area contributed by atoms with E-state index in [9.17, 15) is 9.59 Å². The Morgan fingerprint density at radius 1 is 0.784 bits per heavy atom. The zero-order chi connectivity index (χ0) is 27.0. The Kier molecular flexibility index (Phi) is 9.17. The quantitative estimate of drug-likeness (QED) is 0.332. The highest BCUT2D eigenvalue weighted by molar-refractivity contribution is 6.05. The van der Waals surface area contributed by atoms with Crippen molar-refractivity contribution in [2.45, 2.75) is 53.1 Å². The van der Waals surface area contributed by atoms with E-state index in [1.807, 2.05) is 44.2 Å². The van der Waals surface area contributed by atoms with E-state index in [-0.39, 0.29) is 17.2 Å². The van der Waals surface area contributed by atoms with Crippen molar-refractivity contribution in [3.63, 3.8) is 0 Å². The number of para-hydroxylation sites is 1. The van der Waals surface area contributed by atoms with Gasteiger partial charge in [-0.2, -0.15) is 0 Å². The third-order valence-corrected chi connectivity index (χ3v) is 5.59. The van der Waals surface area contributed by atoms with Gasteiger partial charge in [0.2, 0.25) is 0 Å². The van der Waals surface area contributed by atoms with E-state index in [1.165, 1.54) is 0 Å². The molecular formula is C30H36N2O5. The molecule has 1 atom stereocenters. The van der Waals surface area contributed by atoms with Gasteiger partial charge in [0.25, 0.3) is 11.8 Å². The predicted molar refractivity (Wildman–Crippen MR) is 147 cm³/mol. The molecule has 2 amide bonds. The van der Waals surface area contributed by atoms with Crippen molar-refractivity contribution in [1.29, 1.82) is 0 Å². The number of amides is 2. The first-order valence-corrected chi connectivity index (χ1v) is 12.5. The summed E-state index contributed by atoms with van der Waals surface area (Å²) in [5.41, 5.74) is 2.26. The molecule has 1 unspecified atom stereocenters. The van der Waals surface area contributed by atoms with Gasteiger partial charge in [0, 0.05) is 17.7 Å². The molecule has 0 aliphatic heterocycles. The molecular weight excluding hydrogens is 468 g/mol. The van der Waals surface area contributed by atoms with E-state index < -0.39 is 6.10 Å². The lowest BCUT2D eigenvalue weighted by Gasteiger charge is -2.25. The second-order valence-electron chi connectivity index (χ2n) is 9.53. The minimum atomic E-state index is -0.772. The Balaban J connectivity index is 1.85. The smallest absolute Gasteiger partial charge is 0.265 e. The van der Waals surface area contributed by atoms with Gasteiger partial charge in [-0.1, -0.05) is 57.2 Å². The fourth-order valence-corrected chi connectivity index (χ4v) is 3.76. The lowest BCUT2D eigenvalue weighted by atomic mass is 9.86. The summed E-state index contributed by atoms with van der Waals surface area (Å²) >= 11 is 0. The topological polar surface area (TPSA) is 85.9 Å². The van der Waals surface area contributed by atoms with Crippen LogP contribution in [-0.2, 0) is 10.2 Å². The highest BCUT2D eigenvalue weighted by Crippen LogP contribution is 2.38. The van der Waals surface area contributed by atoms with E-state index >= 15 is 0 Å². The molecule has 0 saturated carbocycles. The Morgan fingerprint density at radius 3 is 1.89 bits per heavy atom. The van der Waals surface area contributed by atoms with Crippen molar-refractivity contribution in [3.05, 3.63) is 77.9 Å². The van der Waals surface area contributed by atoms with Crippen molar-refractivity contribution in [1.82, 2.24) is 0 Å². The molecule has 2 N–H and O–H groups in total. The zero-order valence-corrected chi connectivity index (χ0v) is 22.4. The highest BCUT2D eigenvalue weighted by atomic mass is 16.5. The maximum absolute atomic E-state index is 13.1. The molecule has 0 bridgehead atoms. The summed E-state index contributed by atoms with van der Waals surface area (Å²) in [7, 11) is 0. The second-order valence-corrected chi connectivity index (χ2v) is 9.53. The predicted octanol–water partition coefficient (Wildman–Crippen LogP) is 6.44. The molecule has 0 heterocycles. The number of carbonyl (C=O) groups is 2. The second kappa shape index (κ2) is 12.3. The van der Waals surface area contributed by atoms with Gasteiger partial charge < -0.3 is 24.8 Å². The molecule has 196 valence electrons. The lowest BCUT2D eigenvalue weighted by Crippen LogP contribution is -2.31. The molecule has 0 aliphatic carbocycles. The maximum atomic E-state index is 13.1. The summed E-state index contributed by atoms with van der Waals surface area (Å²) in [6.07, 6.45) is -0.772. The number of hydrogen-bond acceptors (Lipinski definition) is 5. The minimum absolute atomic E-state index is 0.138. The van der Waals surface area contributed by atoms with Crippen LogP contribution < -0.4 is 24.8 Å². The van der Waals surface area contributed by atoms with Gasteiger partial charge in [-0.15, -0.1) is 0 Å². The number of anilines is 2. The van der Waals surface area contributed by atoms with Crippen molar-refractivity contribution >= 4 is 23.2 Å². The van der Waals surface area contributed by atoms with Gasteiger partial charge >= 0.3 is 0 Å². The van der Waals surface area contributed by atoms with Gasteiger partial charge in [-0.3, -0.25) is 9.59 Å². The summed E-state index contributed by atoms with van der Waals surface area (Å²) in [6, 6.07) is 19.9. The number of rotatable bonds is 10. The molecule has 7 nitrogen and oxygen atoms in total.